The first-order valence-electron chi connectivity index (χ1n) is 6.68. The van der Waals surface area contributed by atoms with Gasteiger partial charge < -0.3 is 5.32 Å². The summed E-state index contributed by atoms with van der Waals surface area (Å²) in [6, 6.07) is 8.13. The highest BCUT2D eigenvalue weighted by Crippen LogP contribution is 2.23. The standard InChI is InChI=1S/C15H17BrN2OS2/c1-3-13(11-4-6-12(16)7-5-11)18-14(19)9-21-15-17-10(2)8-20-15/h4-8,13H,3,9H2,1-2H3,(H,18,19)/t13-/m1/s1. The molecule has 2 aromatic rings. The topological polar surface area (TPSA) is 42.0 Å². The first-order valence-corrected chi connectivity index (χ1v) is 9.34. The summed E-state index contributed by atoms with van der Waals surface area (Å²) in [5.74, 6) is 0.447. The van der Waals surface area contributed by atoms with Gasteiger partial charge in [-0.2, -0.15) is 0 Å². The number of rotatable bonds is 6. The number of hydrogen-bond donors (Lipinski definition) is 1. The Bertz CT molecular complexity index is 598. The third kappa shape index (κ3) is 5.13. The van der Waals surface area contributed by atoms with Crippen molar-refractivity contribution in [1.82, 2.24) is 10.3 Å². The molecule has 0 fully saturated rings. The van der Waals surface area contributed by atoms with Crippen LogP contribution in [0.15, 0.2) is 38.5 Å². The zero-order valence-corrected chi connectivity index (χ0v) is 15.1. The average molecular weight is 385 g/mol. The maximum Gasteiger partial charge on any atom is 0.230 e. The van der Waals surface area contributed by atoms with Crippen molar-refractivity contribution in [3.8, 4) is 0 Å². The lowest BCUT2D eigenvalue weighted by molar-refractivity contribution is -0.119. The Kier molecular flexibility index (Phi) is 6.26. The van der Waals surface area contributed by atoms with E-state index in [2.05, 4.69) is 33.2 Å². The molecule has 0 aliphatic heterocycles. The molecule has 21 heavy (non-hydrogen) atoms. The number of nitrogens with one attached hydrogen (secondary N) is 1. The van der Waals surface area contributed by atoms with Crippen LogP contribution in [-0.2, 0) is 4.79 Å². The van der Waals surface area contributed by atoms with Gasteiger partial charge in [-0.15, -0.1) is 11.3 Å². The SMILES string of the molecule is CC[C@@H](NC(=O)CSc1nc(C)cs1)c1ccc(Br)cc1. The molecule has 2 rings (SSSR count). The van der Waals surface area contributed by atoms with Crippen LogP contribution in [-0.4, -0.2) is 16.6 Å². The van der Waals surface area contributed by atoms with E-state index in [1.807, 2.05) is 36.6 Å². The second-order valence-electron chi connectivity index (χ2n) is 4.62. The predicted octanol–water partition coefficient (Wildman–Crippen LogP) is 4.57. The van der Waals surface area contributed by atoms with Gasteiger partial charge in [0.2, 0.25) is 5.91 Å². The molecule has 0 saturated heterocycles. The highest BCUT2D eigenvalue weighted by atomic mass is 79.9. The Hall–Kier alpha value is -0.850. The summed E-state index contributed by atoms with van der Waals surface area (Å²) in [7, 11) is 0. The Labute approximate surface area is 141 Å². The number of hydrogen-bond acceptors (Lipinski definition) is 4. The maximum atomic E-state index is 12.1. The van der Waals surface area contributed by atoms with Crippen molar-refractivity contribution in [3.63, 3.8) is 0 Å². The summed E-state index contributed by atoms with van der Waals surface area (Å²) < 4.78 is 1.99. The number of aromatic nitrogens is 1. The van der Waals surface area contributed by atoms with E-state index in [-0.39, 0.29) is 11.9 Å². The fourth-order valence-electron chi connectivity index (χ4n) is 1.88. The van der Waals surface area contributed by atoms with Crippen molar-refractivity contribution < 1.29 is 4.79 Å². The third-order valence-corrected chi connectivity index (χ3v) is 5.61. The van der Waals surface area contributed by atoms with Crippen LogP contribution in [0, 0.1) is 6.92 Å². The number of aryl methyl sites for hydroxylation is 1. The van der Waals surface area contributed by atoms with Gasteiger partial charge in [-0.1, -0.05) is 46.7 Å². The molecule has 3 nitrogen and oxygen atoms in total. The second kappa shape index (κ2) is 7.96. The maximum absolute atomic E-state index is 12.1. The van der Waals surface area contributed by atoms with Gasteiger partial charge in [-0.3, -0.25) is 4.79 Å². The number of halogens is 1. The summed E-state index contributed by atoms with van der Waals surface area (Å²) in [5, 5.41) is 5.08. The first kappa shape index (κ1) is 16.5. The van der Waals surface area contributed by atoms with E-state index < -0.39 is 0 Å². The molecule has 1 aromatic heterocycles. The zero-order valence-electron chi connectivity index (χ0n) is 11.9. The molecular weight excluding hydrogens is 368 g/mol. The molecule has 1 heterocycles. The van der Waals surface area contributed by atoms with Crippen LogP contribution < -0.4 is 5.32 Å². The summed E-state index contributed by atoms with van der Waals surface area (Å²) in [6.45, 7) is 4.03. The zero-order chi connectivity index (χ0) is 15.2. The fraction of sp³-hybridized carbons (Fsp3) is 0.333. The average Bonchev–Trinajstić information content (AvgIpc) is 2.89. The second-order valence-corrected chi connectivity index (χ2v) is 7.62. The van der Waals surface area contributed by atoms with Crippen LogP contribution in [0.4, 0.5) is 0 Å². The quantitative estimate of drug-likeness (QED) is 0.741. The largest absolute Gasteiger partial charge is 0.349 e. The number of benzene rings is 1. The van der Waals surface area contributed by atoms with E-state index in [4.69, 9.17) is 0 Å². The number of carbonyl (C=O) groups is 1. The Morgan fingerprint density at radius 1 is 1.43 bits per heavy atom. The smallest absolute Gasteiger partial charge is 0.230 e. The van der Waals surface area contributed by atoms with Gasteiger partial charge in [0, 0.05) is 15.5 Å². The fourth-order valence-corrected chi connectivity index (χ4v) is 3.80. The minimum Gasteiger partial charge on any atom is -0.349 e. The molecular formula is C15H17BrN2OS2. The van der Waals surface area contributed by atoms with Gasteiger partial charge in [0.1, 0.15) is 0 Å². The van der Waals surface area contributed by atoms with E-state index >= 15 is 0 Å². The van der Waals surface area contributed by atoms with Gasteiger partial charge in [0.05, 0.1) is 11.8 Å². The van der Waals surface area contributed by atoms with Gasteiger partial charge >= 0.3 is 0 Å². The predicted molar refractivity (Wildman–Crippen MR) is 92.9 cm³/mol. The van der Waals surface area contributed by atoms with Crippen LogP contribution in [0.1, 0.15) is 30.6 Å². The highest BCUT2D eigenvalue weighted by molar-refractivity contribution is 9.10. The van der Waals surface area contributed by atoms with E-state index in [9.17, 15) is 4.79 Å². The number of nitrogens with zero attached hydrogens (tertiary/aromatic N) is 1. The van der Waals surface area contributed by atoms with Gasteiger partial charge in [-0.05, 0) is 31.0 Å². The molecule has 1 N–H and O–H groups in total. The number of thiazole rings is 1. The summed E-state index contributed by atoms with van der Waals surface area (Å²) in [5.41, 5.74) is 2.13. The molecule has 0 saturated carbocycles. The van der Waals surface area contributed by atoms with E-state index in [1.54, 1.807) is 11.3 Å². The molecule has 0 aliphatic rings. The number of thioether (sulfide) groups is 1. The summed E-state index contributed by atoms with van der Waals surface area (Å²) in [4.78, 5) is 16.4. The molecule has 1 atom stereocenters. The van der Waals surface area contributed by atoms with Crippen molar-refractivity contribution in [1.29, 1.82) is 0 Å². The van der Waals surface area contributed by atoms with Crippen molar-refractivity contribution >= 4 is 44.9 Å². The molecule has 0 aliphatic carbocycles. The highest BCUT2D eigenvalue weighted by Gasteiger charge is 2.13. The molecule has 0 unspecified atom stereocenters. The lowest BCUT2D eigenvalue weighted by Gasteiger charge is -2.17. The molecule has 6 heteroatoms. The van der Waals surface area contributed by atoms with E-state index in [0.717, 1.165) is 26.5 Å². The van der Waals surface area contributed by atoms with Crippen molar-refractivity contribution in [2.75, 3.05) is 5.75 Å². The van der Waals surface area contributed by atoms with Crippen molar-refractivity contribution in [2.45, 2.75) is 30.6 Å². The first-order chi connectivity index (χ1) is 10.1. The Morgan fingerprint density at radius 2 is 2.14 bits per heavy atom. The van der Waals surface area contributed by atoms with Crippen LogP contribution in [0.2, 0.25) is 0 Å². The van der Waals surface area contributed by atoms with E-state index in [1.165, 1.54) is 11.8 Å². The van der Waals surface area contributed by atoms with Crippen LogP contribution in [0.5, 0.6) is 0 Å². The molecule has 1 amide bonds. The van der Waals surface area contributed by atoms with Gasteiger partial charge in [-0.25, -0.2) is 4.98 Å². The van der Waals surface area contributed by atoms with Gasteiger partial charge in [0.25, 0.3) is 0 Å². The van der Waals surface area contributed by atoms with Crippen molar-refractivity contribution in [3.05, 3.63) is 45.4 Å². The molecule has 0 bridgehead atoms. The molecule has 112 valence electrons. The third-order valence-electron chi connectivity index (χ3n) is 2.94. The monoisotopic (exact) mass is 384 g/mol. The Balaban J connectivity index is 1.89. The summed E-state index contributed by atoms with van der Waals surface area (Å²) in [6.07, 6.45) is 0.869. The van der Waals surface area contributed by atoms with Gasteiger partial charge in [0.15, 0.2) is 4.34 Å². The minimum atomic E-state index is 0.0441. The van der Waals surface area contributed by atoms with E-state index in [0.29, 0.717) is 5.75 Å². The number of carbonyl (C=O) groups excluding carboxylic acids is 1. The minimum absolute atomic E-state index is 0.0441. The number of amides is 1. The normalized spacial score (nSPS) is 12.1. The Morgan fingerprint density at radius 3 is 2.71 bits per heavy atom. The molecule has 0 spiro atoms. The summed E-state index contributed by atoms with van der Waals surface area (Å²) >= 11 is 6.49. The van der Waals surface area contributed by atoms with Crippen molar-refractivity contribution in [2.24, 2.45) is 0 Å². The lowest BCUT2D eigenvalue weighted by Crippen LogP contribution is -2.29. The van der Waals surface area contributed by atoms with Crippen LogP contribution >= 0.6 is 39.0 Å². The molecule has 1 aromatic carbocycles. The van der Waals surface area contributed by atoms with Crippen LogP contribution in [0.25, 0.3) is 0 Å². The molecule has 0 radical (unpaired) electrons. The lowest BCUT2D eigenvalue weighted by atomic mass is 10.0. The van der Waals surface area contributed by atoms with Crippen LogP contribution in [0.3, 0.4) is 0 Å².